The van der Waals surface area contributed by atoms with Crippen LogP contribution in [0.15, 0.2) is 0 Å². The molecule has 1 rings (SSSR count). The fraction of sp³-hybridized carbons (Fsp3) is 0.909. The van der Waals surface area contributed by atoms with Gasteiger partial charge in [-0.15, -0.1) is 0 Å². The lowest BCUT2D eigenvalue weighted by Gasteiger charge is -2.35. The molecule has 1 saturated carbocycles. The predicted octanol–water partition coefficient (Wildman–Crippen LogP) is 0.797. The fourth-order valence-electron chi connectivity index (χ4n) is 1.81. The van der Waals surface area contributed by atoms with Crippen LogP contribution < -0.4 is 11.1 Å². The first kappa shape index (κ1) is 12.5. The predicted molar refractivity (Wildman–Crippen MR) is 59.5 cm³/mol. The summed E-state index contributed by atoms with van der Waals surface area (Å²) in [6.07, 6.45) is 3.90. The van der Waals surface area contributed by atoms with Crippen molar-refractivity contribution in [3.8, 4) is 0 Å². The van der Waals surface area contributed by atoms with Crippen LogP contribution in [-0.4, -0.2) is 30.7 Å². The van der Waals surface area contributed by atoms with Crippen molar-refractivity contribution in [1.29, 1.82) is 0 Å². The normalized spacial score (nSPS) is 26.9. The average molecular weight is 214 g/mol. The van der Waals surface area contributed by atoms with E-state index in [2.05, 4.69) is 5.32 Å². The molecule has 1 unspecified atom stereocenters. The molecular formula is C11H22N2O2. The molecule has 88 valence electrons. The van der Waals surface area contributed by atoms with Crippen LogP contribution in [0.2, 0.25) is 0 Å². The van der Waals surface area contributed by atoms with Crippen LogP contribution in [0.1, 0.15) is 39.5 Å². The maximum absolute atomic E-state index is 11.5. The minimum atomic E-state index is -0.346. The van der Waals surface area contributed by atoms with Gasteiger partial charge >= 0.3 is 0 Å². The van der Waals surface area contributed by atoms with E-state index < -0.39 is 0 Å². The molecule has 0 aromatic heterocycles. The summed E-state index contributed by atoms with van der Waals surface area (Å²) in [5, 5.41) is 2.95. The van der Waals surface area contributed by atoms with Gasteiger partial charge in [0.2, 0.25) is 5.91 Å². The van der Waals surface area contributed by atoms with Crippen LogP contribution >= 0.6 is 0 Å². The Kier molecular flexibility index (Phi) is 5.05. The second kappa shape index (κ2) is 6.08. The van der Waals surface area contributed by atoms with Gasteiger partial charge in [-0.3, -0.25) is 4.79 Å². The van der Waals surface area contributed by atoms with E-state index in [9.17, 15) is 4.79 Å². The molecule has 4 heteroatoms. The Balaban J connectivity index is 2.13. The molecule has 1 aliphatic carbocycles. The molecule has 0 heterocycles. The summed E-state index contributed by atoms with van der Waals surface area (Å²) in [7, 11) is 0. The highest BCUT2D eigenvalue weighted by atomic mass is 16.5. The maximum Gasteiger partial charge on any atom is 0.237 e. The van der Waals surface area contributed by atoms with E-state index in [1.54, 1.807) is 0 Å². The summed E-state index contributed by atoms with van der Waals surface area (Å²) in [5.74, 6) is -0.0169. The van der Waals surface area contributed by atoms with Crippen LogP contribution in [0, 0.1) is 0 Å². The minimum Gasteiger partial charge on any atom is -0.378 e. The van der Waals surface area contributed by atoms with Crippen molar-refractivity contribution in [2.45, 2.75) is 57.7 Å². The van der Waals surface area contributed by atoms with Gasteiger partial charge in [0, 0.05) is 12.6 Å². The molecule has 1 atom stereocenters. The third-order valence-corrected chi connectivity index (χ3v) is 2.78. The van der Waals surface area contributed by atoms with Crippen LogP contribution in [-0.2, 0) is 9.53 Å². The first-order valence-corrected chi connectivity index (χ1v) is 5.84. The highest BCUT2D eigenvalue weighted by Gasteiger charge is 2.31. The summed E-state index contributed by atoms with van der Waals surface area (Å²) >= 11 is 0. The van der Waals surface area contributed by atoms with E-state index in [0.29, 0.717) is 6.10 Å². The van der Waals surface area contributed by atoms with E-state index in [1.807, 2.05) is 13.8 Å². The molecule has 4 nitrogen and oxygen atoms in total. The Morgan fingerprint density at radius 1 is 1.53 bits per heavy atom. The Morgan fingerprint density at radius 2 is 2.20 bits per heavy atom. The molecule has 0 saturated heterocycles. The Hall–Kier alpha value is -0.610. The van der Waals surface area contributed by atoms with E-state index in [0.717, 1.165) is 32.3 Å². The lowest BCUT2D eigenvalue weighted by molar-refractivity contribution is -0.125. The second-order valence-corrected chi connectivity index (χ2v) is 4.15. The molecule has 3 N–H and O–H groups in total. The lowest BCUT2D eigenvalue weighted by Crippen LogP contribution is -2.52. The fourth-order valence-corrected chi connectivity index (χ4v) is 1.81. The molecule has 0 aromatic carbocycles. The second-order valence-electron chi connectivity index (χ2n) is 4.15. The number of hydrogen-bond acceptors (Lipinski definition) is 3. The van der Waals surface area contributed by atoms with Gasteiger partial charge in [-0.2, -0.15) is 0 Å². The first-order chi connectivity index (χ1) is 7.17. The van der Waals surface area contributed by atoms with Crippen molar-refractivity contribution in [2.24, 2.45) is 5.73 Å². The number of rotatable bonds is 6. The summed E-state index contributed by atoms with van der Waals surface area (Å²) < 4.78 is 5.42. The van der Waals surface area contributed by atoms with Gasteiger partial charge in [0.1, 0.15) is 0 Å². The Morgan fingerprint density at radius 3 is 2.73 bits per heavy atom. The van der Waals surface area contributed by atoms with Crippen LogP contribution in [0.4, 0.5) is 0 Å². The van der Waals surface area contributed by atoms with E-state index >= 15 is 0 Å². The molecule has 1 fully saturated rings. The molecule has 0 aromatic rings. The number of nitrogens with two attached hydrogens (primary N) is 1. The highest BCUT2D eigenvalue weighted by Crippen LogP contribution is 2.23. The van der Waals surface area contributed by atoms with E-state index in [1.165, 1.54) is 0 Å². The minimum absolute atomic E-state index is 0.0169. The van der Waals surface area contributed by atoms with Crippen molar-refractivity contribution in [1.82, 2.24) is 5.32 Å². The SMILES string of the molecule is CCCC(N)C(=O)NC1CC(OCC)C1. The van der Waals surface area contributed by atoms with Crippen LogP contribution in [0.5, 0.6) is 0 Å². The van der Waals surface area contributed by atoms with Crippen molar-refractivity contribution in [3.05, 3.63) is 0 Å². The van der Waals surface area contributed by atoms with Crippen molar-refractivity contribution < 1.29 is 9.53 Å². The van der Waals surface area contributed by atoms with E-state index in [4.69, 9.17) is 10.5 Å². The van der Waals surface area contributed by atoms with Gasteiger partial charge in [0.05, 0.1) is 12.1 Å². The monoisotopic (exact) mass is 214 g/mol. The molecule has 1 aliphatic rings. The molecule has 0 aliphatic heterocycles. The zero-order valence-electron chi connectivity index (χ0n) is 9.66. The molecule has 1 amide bonds. The summed E-state index contributed by atoms with van der Waals surface area (Å²) in [5.41, 5.74) is 5.70. The lowest BCUT2D eigenvalue weighted by atomic mass is 9.89. The van der Waals surface area contributed by atoms with E-state index in [-0.39, 0.29) is 18.0 Å². The first-order valence-electron chi connectivity index (χ1n) is 5.84. The smallest absolute Gasteiger partial charge is 0.237 e. The van der Waals surface area contributed by atoms with Gasteiger partial charge in [0.15, 0.2) is 0 Å². The largest absolute Gasteiger partial charge is 0.378 e. The summed E-state index contributed by atoms with van der Waals surface area (Å²) in [4.78, 5) is 11.5. The van der Waals surface area contributed by atoms with Crippen molar-refractivity contribution >= 4 is 5.91 Å². The third-order valence-electron chi connectivity index (χ3n) is 2.78. The number of nitrogens with one attached hydrogen (secondary N) is 1. The Labute approximate surface area is 91.5 Å². The molecule has 0 spiro atoms. The molecule has 0 radical (unpaired) electrons. The third kappa shape index (κ3) is 3.80. The number of amides is 1. The summed E-state index contributed by atoms with van der Waals surface area (Å²) in [6.45, 7) is 4.77. The molecule has 0 bridgehead atoms. The standard InChI is InChI=1S/C11H22N2O2/c1-3-5-10(12)11(14)13-8-6-9(7-8)15-4-2/h8-10H,3-7,12H2,1-2H3,(H,13,14). The van der Waals surface area contributed by atoms with Gasteiger partial charge in [0.25, 0.3) is 0 Å². The van der Waals surface area contributed by atoms with Crippen LogP contribution in [0.25, 0.3) is 0 Å². The molecule has 15 heavy (non-hydrogen) atoms. The quantitative estimate of drug-likeness (QED) is 0.687. The number of ether oxygens (including phenoxy) is 1. The van der Waals surface area contributed by atoms with Crippen molar-refractivity contribution in [2.75, 3.05) is 6.61 Å². The average Bonchev–Trinajstić information content (AvgIpc) is 2.14. The molecular weight excluding hydrogens is 192 g/mol. The number of carbonyl (C=O) groups excluding carboxylic acids is 1. The van der Waals surface area contributed by atoms with Crippen molar-refractivity contribution in [3.63, 3.8) is 0 Å². The van der Waals surface area contributed by atoms with Gasteiger partial charge in [-0.25, -0.2) is 0 Å². The van der Waals surface area contributed by atoms with Gasteiger partial charge < -0.3 is 15.8 Å². The Bertz CT molecular complexity index is 203. The van der Waals surface area contributed by atoms with Gasteiger partial charge in [-0.1, -0.05) is 13.3 Å². The zero-order chi connectivity index (χ0) is 11.3. The summed E-state index contributed by atoms with van der Waals surface area (Å²) in [6, 6.07) is -0.0712. The van der Waals surface area contributed by atoms with Gasteiger partial charge in [-0.05, 0) is 26.2 Å². The topological polar surface area (TPSA) is 64.4 Å². The zero-order valence-corrected chi connectivity index (χ0v) is 9.66. The maximum atomic E-state index is 11.5. The number of carbonyl (C=O) groups is 1. The highest BCUT2D eigenvalue weighted by molar-refractivity contribution is 5.81. The number of hydrogen-bond donors (Lipinski definition) is 2. The van der Waals surface area contributed by atoms with Crippen LogP contribution in [0.3, 0.4) is 0 Å².